The lowest BCUT2D eigenvalue weighted by molar-refractivity contribution is 0.0960. The summed E-state index contributed by atoms with van der Waals surface area (Å²) in [4.78, 5) is 16.0. The van der Waals surface area contributed by atoms with Crippen LogP contribution in [0.1, 0.15) is 35.7 Å². The second-order valence-electron chi connectivity index (χ2n) is 4.07. The van der Waals surface area contributed by atoms with Crippen LogP contribution in [0.15, 0.2) is 18.5 Å². The number of carbonyl (C=O) groups is 1. The van der Waals surface area contributed by atoms with E-state index >= 15 is 0 Å². The molecule has 0 N–H and O–H groups in total. The summed E-state index contributed by atoms with van der Waals surface area (Å²) in [6.45, 7) is 4.12. The number of nitrogens with zero attached hydrogens (tertiary/aromatic N) is 1. The molecule has 1 aliphatic carbocycles. The number of Topliss-reactive ketones (excluding diaryl/α,β-unsaturated/α-hetero) is 1. The highest BCUT2D eigenvalue weighted by atomic mass is 16.1. The van der Waals surface area contributed by atoms with Crippen LogP contribution in [0.4, 0.5) is 0 Å². The molecule has 1 heterocycles. The van der Waals surface area contributed by atoms with Crippen LogP contribution >= 0.6 is 0 Å². The molecule has 2 unspecified atom stereocenters. The number of hydrogen-bond donors (Lipinski definition) is 0. The highest BCUT2D eigenvalue weighted by molar-refractivity contribution is 6.00. The predicted octanol–water partition coefficient (Wildman–Crippen LogP) is 2.62. The summed E-state index contributed by atoms with van der Waals surface area (Å²) in [6.07, 6.45) is 5.62. The summed E-state index contributed by atoms with van der Waals surface area (Å²) in [5.41, 5.74) is 1.86. The van der Waals surface area contributed by atoms with Crippen molar-refractivity contribution >= 4 is 5.78 Å². The summed E-state index contributed by atoms with van der Waals surface area (Å²) < 4.78 is 0. The van der Waals surface area contributed by atoms with Crippen molar-refractivity contribution in [2.45, 2.75) is 26.7 Å². The summed E-state index contributed by atoms with van der Waals surface area (Å²) in [5, 5.41) is 0. The standard InChI is InChI=1S/C12H15NO/c1-3-9-6-10(9)12(14)11-7-13-5-4-8(11)2/h4-5,7,9-10H,3,6H2,1-2H3. The Morgan fingerprint density at radius 2 is 2.43 bits per heavy atom. The largest absolute Gasteiger partial charge is 0.294 e. The minimum absolute atomic E-state index is 0.280. The van der Waals surface area contributed by atoms with Crippen molar-refractivity contribution in [3.63, 3.8) is 0 Å². The molecule has 1 aliphatic rings. The molecule has 1 fully saturated rings. The maximum absolute atomic E-state index is 12.0. The van der Waals surface area contributed by atoms with Crippen molar-refractivity contribution in [2.24, 2.45) is 11.8 Å². The molecule has 0 saturated heterocycles. The van der Waals surface area contributed by atoms with E-state index in [-0.39, 0.29) is 5.92 Å². The number of rotatable bonds is 3. The number of pyridine rings is 1. The molecule has 2 rings (SSSR count). The van der Waals surface area contributed by atoms with Gasteiger partial charge in [-0.3, -0.25) is 9.78 Å². The van der Waals surface area contributed by atoms with Crippen molar-refractivity contribution in [1.29, 1.82) is 0 Å². The van der Waals surface area contributed by atoms with Gasteiger partial charge in [0, 0.05) is 23.9 Å². The molecule has 0 radical (unpaired) electrons. The van der Waals surface area contributed by atoms with Crippen molar-refractivity contribution in [1.82, 2.24) is 4.98 Å². The summed E-state index contributed by atoms with van der Waals surface area (Å²) in [5.74, 6) is 1.20. The van der Waals surface area contributed by atoms with E-state index in [1.54, 1.807) is 12.4 Å². The van der Waals surface area contributed by atoms with Gasteiger partial charge in [0.05, 0.1) is 0 Å². The molecule has 1 aromatic rings. The Balaban J connectivity index is 2.17. The van der Waals surface area contributed by atoms with Crippen molar-refractivity contribution in [3.8, 4) is 0 Å². The molecule has 1 saturated carbocycles. The van der Waals surface area contributed by atoms with Crippen LogP contribution in [0, 0.1) is 18.8 Å². The zero-order chi connectivity index (χ0) is 10.1. The molecular weight excluding hydrogens is 174 g/mol. The molecule has 2 heteroatoms. The average molecular weight is 189 g/mol. The van der Waals surface area contributed by atoms with E-state index in [1.165, 1.54) is 0 Å². The Morgan fingerprint density at radius 3 is 3.00 bits per heavy atom. The molecule has 74 valence electrons. The van der Waals surface area contributed by atoms with Crippen LogP contribution in [0.25, 0.3) is 0 Å². The summed E-state index contributed by atoms with van der Waals surface area (Å²) >= 11 is 0. The van der Waals surface area contributed by atoms with Crippen LogP contribution in [-0.2, 0) is 0 Å². The molecular formula is C12H15NO. The summed E-state index contributed by atoms with van der Waals surface area (Å²) in [7, 11) is 0. The Labute approximate surface area is 84.4 Å². The third-order valence-electron chi connectivity index (χ3n) is 3.09. The summed E-state index contributed by atoms with van der Waals surface area (Å²) in [6, 6.07) is 1.90. The van der Waals surface area contributed by atoms with E-state index in [0.29, 0.717) is 11.7 Å². The zero-order valence-electron chi connectivity index (χ0n) is 8.66. The highest BCUT2D eigenvalue weighted by Crippen LogP contribution is 2.43. The van der Waals surface area contributed by atoms with E-state index in [9.17, 15) is 4.79 Å². The van der Waals surface area contributed by atoms with Gasteiger partial charge in [-0.05, 0) is 30.9 Å². The first kappa shape index (κ1) is 9.38. The minimum Gasteiger partial charge on any atom is -0.294 e. The lowest BCUT2D eigenvalue weighted by atomic mass is 10.0. The molecule has 0 aliphatic heterocycles. The normalized spacial score (nSPS) is 24.7. The monoisotopic (exact) mass is 189 g/mol. The maximum Gasteiger partial charge on any atom is 0.168 e. The van der Waals surface area contributed by atoms with E-state index in [2.05, 4.69) is 11.9 Å². The lowest BCUT2D eigenvalue weighted by Crippen LogP contribution is -2.05. The molecule has 0 spiro atoms. The van der Waals surface area contributed by atoms with Crippen LogP contribution < -0.4 is 0 Å². The van der Waals surface area contributed by atoms with E-state index in [1.807, 2.05) is 13.0 Å². The van der Waals surface area contributed by atoms with Gasteiger partial charge in [-0.25, -0.2) is 0 Å². The smallest absolute Gasteiger partial charge is 0.168 e. The zero-order valence-corrected chi connectivity index (χ0v) is 8.66. The first-order valence-electron chi connectivity index (χ1n) is 5.19. The average Bonchev–Trinajstić information content (AvgIpc) is 2.96. The first-order chi connectivity index (χ1) is 6.74. The van der Waals surface area contributed by atoms with Gasteiger partial charge in [0.25, 0.3) is 0 Å². The molecule has 2 nitrogen and oxygen atoms in total. The van der Waals surface area contributed by atoms with Crippen LogP contribution in [0.3, 0.4) is 0 Å². The lowest BCUT2D eigenvalue weighted by Gasteiger charge is -2.02. The van der Waals surface area contributed by atoms with Crippen LogP contribution in [0.5, 0.6) is 0 Å². The van der Waals surface area contributed by atoms with Crippen molar-refractivity contribution < 1.29 is 4.79 Å². The minimum atomic E-state index is 0.280. The fraction of sp³-hybridized carbons (Fsp3) is 0.500. The van der Waals surface area contributed by atoms with Gasteiger partial charge in [-0.2, -0.15) is 0 Å². The second-order valence-corrected chi connectivity index (χ2v) is 4.07. The maximum atomic E-state index is 12.0. The third kappa shape index (κ3) is 1.57. The number of ketones is 1. The Hall–Kier alpha value is -1.18. The quantitative estimate of drug-likeness (QED) is 0.684. The Kier molecular flexibility index (Phi) is 2.36. The Morgan fingerprint density at radius 1 is 1.64 bits per heavy atom. The predicted molar refractivity (Wildman–Crippen MR) is 55.2 cm³/mol. The van der Waals surface area contributed by atoms with Crippen LogP contribution in [-0.4, -0.2) is 10.8 Å². The topological polar surface area (TPSA) is 30.0 Å². The van der Waals surface area contributed by atoms with Gasteiger partial charge < -0.3 is 0 Å². The Bertz CT molecular complexity index is 359. The molecule has 0 aromatic carbocycles. The third-order valence-corrected chi connectivity index (χ3v) is 3.09. The fourth-order valence-electron chi connectivity index (χ4n) is 1.94. The number of aromatic nitrogens is 1. The number of aryl methyl sites for hydroxylation is 1. The fourth-order valence-corrected chi connectivity index (χ4v) is 1.94. The SMILES string of the molecule is CCC1CC1C(=O)c1cnccc1C. The van der Waals surface area contributed by atoms with Crippen molar-refractivity contribution in [2.75, 3.05) is 0 Å². The molecule has 14 heavy (non-hydrogen) atoms. The highest BCUT2D eigenvalue weighted by Gasteiger charge is 2.41. The van der Waals surface area contributed by atoms with E-state index in [4.69, 9.17) is 0 Å². The second kappa shape index (κ2) is 3.52. The van der Waals surface area contributed by atoms with Gasteiger partial charge >= 0.3 is 0 Å². The number of hydrogen-bond acceptors (Lipinski definition) is 2. The number of carbonyl (C=O) groups excluding carboxylic acids is 1. The molecule has 0 bridgehead atoms. The molecule has 1 aromatic heterocycles. The van der Waals surface area contributed by atoms with E-state index < -0.39 is 0 Å². The van der Waals surface area contributed by atoms with Gasteiger partial charge in [-0.15, -0.1) is 0 Å². The molecule has 0 amide bonds. The van der Waals surface area contributed by atoms with Gasteiger partial charge in [0.15, 0.2) is 5.78 Å². The van der Waals surface area contributed by atoms with Gasteiger partial charge in [-0.1, -0.05) is 13.3 Å². The first-order valence-corrected chi connectivity index (χ1v) is 5.19. The molecule has 2 atom stereocenters. The van der Waals surface area contributed by atoms with E-state index in [0.717, 1.165) is 24.0 Å². The van der Waals surface area contributed by atoms with Crippen LogP contribution in [0.2, 0.25) is 0 Å². The van der Waals surface area contributed by atoms with Crippen molar-refractivity contribution in [3.05, 3.63) is 29.6 Å². The van der Waals surface area contributed by atoms with Gasteiger partial charge in [0.1, 0.15) is 0 Å². The van der Waals surface area contributed by atoms with Gasteiger partial charge in [0.2, 0.25) is 0 Å².